The molecule has 7 heavy (non-hydrogen) atoms. The fourth-order valence-corrected chi connectivity index (χ4v) is 0.285. The number of hydrogen-bond donors (Lipinski definition) is 0. The summed E-state index contributed by atoms with van der Waals surface area (Å²) in [4.78, 5) is 0. The minimum absolute atomic E-state index is 0.583. The fraction of sp³-hybridized carbons (Fsp3) is 0.667. The summed E-state index contributed by atoms with van der Waals surface area (Å²) >= 11 is 0. The number of rotatable bonds is 2. The standard InChI is InChI=1S/C6H12B/c1-5(2)6(3)7-4/h6H,1H2,2-4H3/t6-/m1/s1. The first kappa shape index (κ1) is 6.80. The van der Waals surface area contributed by atoms with Crippen LogP contribution in [-0.4, -0.2) is 7.28 Å². The monoisotopic (exact) mass is 95.1 g/mol. The molecule has 0 bridgehead atoms. The maximum absolute atomic E-state index is 3.79. The highest BCUT2D eigenvalue weighted by Gasteiger charge is 1.96. The first-order valence-electron chi connectivity index (χ1n) is 2.63. The van der Waals surface area contributed by atoms with Gasteiger partial charge in [0.15, 0.2) is 0 Å². The van der Waals surface area contributed by atoms with Crippen molar-refractivity contribution < 1.29 is 0 Å². The van der Waals surface area contributed by atoms with Crippen LogP contribution in [0.15, 0.2) is 12.2 Å². The third kappa shape index (κ3) is 2.49. The van der Waals surface area contributed by atoms with Gasteiger partial charge in [0.05, 0.1) is 0 Å². The minimum Gasteiger partial charge on any atom is -0.101 e. The van der Waals surface area contributed by atoms with Gasteiger partial charge in [0.2, 0.25) is 0 Å². The Bertz CT molecular complexity index is 66.6. The zero-order valence-electron chi connectivity index (χ0n) is 5.36. The van der Waals surface area contributed by atoms with Crippen LogP contribution in [0, 0.1) is 0 Å². The zero-order chi connectivity index (χ0) is 5.86. The molecule has 0 saturated carbocycles. The van der Waals surface area contributed by atoms with Crippen molar-refractivity contribution in [3.05, 3.63) is 12.2 Å². The van der Waals surface area contributed by atoms with Crippen LogP contribution < -0.4 is 0 Å². The van der Waals surface area contributed by atoms with E-state index in [0.29, 0.717) is 5.82 Å². The van der Waals surface area contributed by atoms with Crippen molar-refractivity contribution in [2.24, 2.45) is 0 Å². The maximum Gasteiger partial charge on any atom is 0.115 e. The quantitative estimate of drug-likeness (QED) is 0.364. The number of hydrogen-bond acceptors (Lipinski definition) is 0. The average molecular weight is 95.0 g/mol. The van der Waals surface area contributed by atoms with Crippen LogP contribution >= 0.6 is 0 Å². The SMILES string of the molecule is C=C(C)[C@@H](C)[B]C. The van der Waals surface area contributed by atoms with Gasteiger partial charge in [0.1, 0.15) is 7.28 Å². The lowest BCUT2D eigenvalue weighted by Gasteiger charge is -2.03. The van der Waals surface area contributed by atoms with Crippen molar-refractivity contribution in [3.8, 4) is 0 Å². The van der Waals surface area contributed by atoms with Crippen molar-refractivity contribution in [1.82, 2.24) is 0 Å². The molecule has 0 aliphatic rings. The molecule has 0 heterocycles. The van der Waals surface area contributed by atoms with E-state index in [0.717, 1.165) is 0 Å². The van der Waals surface area contributed by atoms with Crippen molar-refractivity contribution >= 4 is 7.28 Å². The van der Waals surface area contributed by atoms with E-state index < -0.39 is 0 Å². The normalized spacial score (nSPS) is 13.0. The third-order valence-electron chi connectivity index (χ3n) is 1.28. The van der Waals surface area contributed by atoms with E-state index in [1.165, 1.54) is 5.57 Å². The molecule has 0 aromatic heterocycles. The van der Waals surface area contributed by atoms with Gasteiger partial charge in [-0.25, -0.2) is 0 Å². The molecule has 0 saturated heterocycles. The largest absolute Gasteiger partial charge is 0.115 e. The van der Waals surface area contributed by atoms with Crippen molar-refractivity contribution in [3.63, 3.8) is 0 Å². The Morgan fingerprint density at radius 2 is 2.14 bits per heavy atom. The first-order valence-corrected chi connectivity index (χ1v) is 2.63. The Morgan fingerprint density at radius 1 is 1.71 bits per heavy atom. The molecule has 0 aliphatic carbocycles. The Morgan fingerprint density at radius 3 is 2.14 bits per heavy atom. The van der Waals surface area contributed by atoms with Crippen molar-refractivity contribution in [2.75, 3.05) is 0 Å². The lowest BCUT2D eigenvalue weighted by Crippen LogP contribution is -1.93. The van der Waals surface area contributed by atoms with Gasteiger partial charge in [-0.1, -0.05) is 25.1 Å². The van der Waals surface area contributed by atoms with Crippen molar-refractivity contribution in [2.45, 2.75) is 26.5 Å². The molecule has 0 aromatic rings. The minimum atomic E-state index is 0.583. The van der Waals surface area contributed by atoms with Crippen LogP contribution in [0.4, 0.5) is 0 Å². The van der Waals surface area contributed by atoms with Crippen LogP contribution in [-0.2, 0) is 0 Å². The first-order chi connectivity index (χ1) is 3.18. The Hall–Kier alpha value is -0.195. The molecule has 0 nitrogen and oxygen atoms in total. The van der Waals surface area contributed by atoms with Gasteiger partial charge < -0.3 is 0 Å². The zero-order valence-corrected chi connectivity index (χ0v) is 5.36. The van der Waals surface area contributed by atoms with E-state index in [2.05, 4.69) is 27.6 Å². The summed E-state index contributed by atoms with van der Waals surface area (Å²) in [7, 11) is 2.14. The second kappa shape index (κ2) is 2.89. The lowest BCUT2D eigenvalue weighted by atomic mass is 9.65. The van der Waals surface area contributed by atoms with E-state index in [4.69, 9.17) is 0 Å². The van der Waals surface area contributed by atoms with Crippen LogP contribution in [0.25, 0.3) is 0 Å². The van der Waals surface area contributed by atoms with Gasteiger partial charge in [0, 0.05) is 0 Å². The van der Waals surface area contributed by atoms with Crippen molar-refractivity contribution in [1.29, 1.82) is 0 Å². The fourth-order valence-electron chi connectivity index (χ4n) is 0.285. The third-order valence-corrected chi connectivity index (χ3v) is 1.28. The predicted molar refractivity (Wildman–Crippen MR) is 35.9 cm³/mol. The van der Waals surface area contributed by atoms with Crippen LogP contribution in [0.2, 0.25) is 12.6 Å². The molecular weight excluding hydrogens is 82.9 g/mol. The van der Waals surface area contributed by atoms with Gasteiger partial charge in [-0.3, -0.25) is 0 Å². The molecule has 0 fully saturated rings. The summed E-state index contributed by atoms with van der Waals surface area (Å²) in [6.45, 7) is 10.0. The molecule has 0 rings (SSSR count). The van der Waals surface area contributed by atoms with Gasteiger partial charge in [-0.15, -0.1) is 6.58 Å². The van der Waals surface area contributed by atoms with Crippen LogP contribution in [0.5, 0.6) is 0 Å². The lowest BCUT2D eigenvalue weighted by molar-refractivity contribution is 1.08. The molecule has 0 aromatic carbocycles. The summed E-state index contributed by atoms with van der Waals surface area (Å²) in [6, 6.07) is 0. The van der Waals surface area contributed by atoms with Crippen LogP contribution in [0.1, 0.15) is 13.8 Å². The Kier molecular flexibility index (Phi) is 2.81. The molecule has 1 radical (unpaired) electrons. The maximum atomic E-state index is 3.79. The van der Waals surface area contributed by atoms with E-state index in [-0.39, 0.29) is 0 Å². The van der Waals surface area contributed by atoms with Gasteiger partial charge in [-0.2, -0.15) is 0 Å². The molecule has 39 valence electrons. The molecule has 0 amide bonds. The molecule has 0 unspecified atom stereocenters. The van der Waals surface area contributed by atoms with E-state index in [1.807, 2.05) is 6.92 Å². The van der Waals surface area contributed by atoms with E-state index in [1.54, 1.807) is 0 Å². The highest BCUT2D eigenvalue weighted by molar-refractivity contribution is 6.36. The smallest absolute Gasteiger partial charge is 0.101 e. The molecule has 1 atom stereocenters. The van der Waals surface area contributed by atoms with Gasteiger partial charge in [0.25, 0.3) is 0 Å². The topological polar surface area (TPSA) is 0 Å². The second-order valence-electron chi connectivity index (χ2n) is 1.97. The molecule has 0 N–H and O–H groups in total. The Balaban J connectivity index is 3.34. The van der Waals surface area contributed by atoms with Gasteiger partial charge in [-0.05, 0) is 6.92 Å². The summed E-state index contributed by atoms with van der Waals surface area (Å²) in [5, 5.41) is 0. The van der Waals surface area contributed by atoms with E-state index in [9.17, 15) is 0 Å². The highest BCUT2D eigenvalue weighted by atomic mass is 13.9. The summed E-state index contributed by atoms with van der Waals surface area (Å²) in [6.07, 6.45) is 0. The number of allylic oxidation sites excluding steroid dienone is 1. The Labute approximate surface area is 46.9 Å². The summed E-state index contributed by atoms with van der Waals surface area (Å²) < 4.78 is 0. The molecule has 1 heteroatoms. The highest BCUT2D eigenvalue weighted by Crippen LogP contribution is 2.10. The molecule has 0 spiro atoms. The summed E-state index contributed by atoms with van der Waals surface area (Å²) in [5.74, 6) is 0.583. The average Bonchev–Trinajstić information content (AvgIpc) is 1.65. The van der Waals surface area contributed by atoms with E-state index >= 15 is 0 Å². The summed E-state index contributed by atoms with van der Waals surface area (Å²) in [5.41, 5.74) is 1.24. The molecule has 0 aliphatic heterocycles. The van der Waals surface area contributed by atoms with Crippen LogP contribution in [0.3, 0.4) is 0 Å². The second-order valence-corrected chi connectivity index (χ2v) is 1.97. The molecular formula is C6H12B. The predicted octanol–water partition coefficient (Wildman–Crippen LogP) is 2.12. The van der Waals surface area contributed by atoms with Gasteiger partial charge >= 0.3 is 0 Å².